The van der Waals surface area contributed by atoms with Gasteiger partial charge in [0.2, 0.25) is 0 Å². The molecular weight excluding hydrogens is 260 g/mol. The Kier molecular flexibility index (Phi) is 4.71. The van der Waals surface area contributed by atoms with E-state index < -0.39 is 5.91 Å². The van der Waals surface area contributed by atoms with E-state index in [2.05, 4.69) is 20.9 Å². The highest BCUT2D eigenvalue weighted by Crippen LogP contribution is 2.13. The summed E-state index contributed by atoms with van der Waals surface area (Å²) in [5.41, 5.74) is 6.43. The van der Waals surface area contributed by atoms with Crippen LogP contribution in [0.2, 0.25) is 0 Å². The molecule has 82 valence electrons. The van der Waals surface area contributed by atoms with Gasteiger partial charge in [-0.1, -0.05) is 6.07 Å². The molecule has 5 heteroatoms. The number of rotatable bonds is 5. The monoisotopic (exact) mass is 272 g/mol. The first-order chi connectivity index (χ1) is 7.15. The van der Waals surface area contributed by atoms with E-state index in [0.29, 0.717) is 16.9 Å². The van der Waals surface area contributed by atoms with Crippen molar-refractivity contribution < 1.29 is 9.53 Å². The third-order valence-electron chi connectivity index (χ3n) is 1.97. The van der Waals surface area contributed by atoms with Gasteiger partial charge in [-0.2, -0.15) is 0 Å². The Morgan fingerprint density at radius 1 is 1.60 bits per heavy atom. The summed E-state index contributed by atoms with van der Waals surface area (Å²) in [6.45, 7) is 0.661. The number of primary amides is 1. The number of nitrogens with two attached hydrogens (primary N) is 1. The number of amides is 1. The number of methoxy groups -OCH3 is 1. The number of ether oxygens (including phenoxy) is 1. The fourth-order valence-electron chi connectivity index (χ4n) is 1.29. The molecule has 0 radical (unpaired) electrons. The highest BCUT2D eigenvalue weighted by Gasteiger charge is 2.09. The third kappa shape index (κ3) is 3.60. The Morgan fingerprint density at radius 2 is 2.33 bits per heavy atom. The lowest BCUT2D eigenvalue weighted by molar-refractivity contribution is 0.0994. The molecule has 0 bridgehead atoms. The molecule has 4 nitrogen and oxygen atoms in total. The van der Waals surface area contributed by atoms with E-state index >= 15 is 0 Å². The van der Waals surface area contributed by atoms with Crippen LogP contribution in [0.4, 0.5) is 0 Å². The second kappa shape index (κ2) is 5.82. The fraction of sp³-hybridized carbons (Fsp3) is 0.400. The highest BCUT2D eigenvalue weighted by atomic mass is 79.9. The van der Waals surface area contributed by atoms with Crippen LogP contribution in [0.3, 0.4) is 0 Å². The summed E-state index contributed by atoms with van der Waals surface area (Å²) < 4.78 is 5.56. The smallest absolute Gasteiger partial charge is 0.267 e. The molecule has 1 aromatic heterocycles. The van der Waals surface area contributed by atoms with Gasteiger partial charge in [0.15, 0.2) is 0 Å². The van der Waals surface area contributed by atoms with E-state index in [9.17, 15) is 4.79 Å². The maximum Gasteiger partial charge on any atom is 0.267 e. The summed E-state index contributed by atoms with van der Waals surface area (Å²) in [6.07, 6.45) is 1.59. The van der Waals surface area contributed by atoms with Gasteiger partial charge in [0.05, 0.1) is 0 Å². The van der Waals surface area contributed by atoms with E-state index in [-0.39, 0.29) is 0 Å². The van der Waals surface area contributed by atoms with Crippen LogP contribution in [0.25, 0.3) is 0 Å². The zero-order chi connectivity index (χ0) is 11.3. The molecule has 0 aromatic carbocycles. The van der Waals surface area contributed by atoms with Gasteiger partial charge >= 0.3 is 0 Å². The molecule has 15 heavy (non-hydrogen) atoms. The highest BCUT2D eigenvalue weighted by molar-refractivity contribution is 9.10. The number of pyridine rings is 1. The Labute approximate surface area is 97.0 Å². The first-order valence-corrected chi connectivity index (χ1v) is 5.38. The van der Waals surface area contributed by atoms with Crippen LogP contribution < -0.4 is 5.73 Å². The van der Waals surface area contributed by atoms with Gasteiger partial charge in [0, 0.05) is 13.7 Å². The number of nitrogens with zero attached hydrogens (tertiary/aromatic N) is 1. The van der Waals surface area contributed by atoms with Crippen molar-refractivity contribution in [3.63, 3.8) is 0 Å². The van der Waals surface area contributed by atoms with Gasteiger partial charge in [-0.25, -0.2) is 4.98 Å². The minimum atomic E-state index is -0.497. The minimum absolute atomic E-state index is 0.334. The molecule has 1 rings (SSSR count). The van der Waals surface area contributed by atoms with E-state index in [4.69, 9.17) is 10.5 Å². The second-order valence-corrected chi connectivity index (χ2v) is 3.91. The SMILES string of the molecule is COCCCc1ccc(Br)nc1C(N)=O. The van der Waals surface area contributed by atoms with Crippen LogP contribution in [0.5, 0.6) is 0 Å². The van der Waals surface area contributed by atoms with Crippen LogP contribution in [-0.4, -0.2) is 24.6 Å². The summed E-state index contributed by atoms with van der Waals surface area (Å²) in [6, 6.07) is 3.65. The average Bonchev–Trinajstić information content (AvgIpc) is 2.20. The predicted molar refractivity (Wildman–Crippen MR) is 60.7 cm³/mol. The standard InChI is InChI=1S/C10H13BrN2O2/c1-15-6-2-3-7-4-5-8(11)13-9(7)10(12)14/h4-5H,2-3,6H2,1H3,(H2,12,14). The first kappa shape index (κ1) is 12.1. The van der Waals surface area contributed by atoms with E-state index in [1.165, 1.54) is 0 Å². The molecule has 0 aliphatic rings. The van der Waals surface area contributed by atoms with Gasteiger partial charge in [-0.15, -0.1) is 0 Å². The van der Waals surface area contributed by atoms with Crippen molar-refractivity contribution in [2.45, 2.75) is 12.8 Å². The van der Waals surface area contributed by atoms with Gasteiger partial charge in [0.25, 0.3) is 5.91 Å². The van der Waals surface area contributed by atoms with Gasteiger partial charge in [-0.3, -0.25) is 4.79 Å². The normalized spacial score (nSPS) is 10.3. The summed E-state index contributed by atoms with van der Waals surface area (Å²) in [4.78, 5) is 15.2. The molecule has 0 fully saturated rings. The number of carbonyl (C=O) groups excluding carboxylic acids is 1. The summed E-state index contributed by atoms with van der Waals surface area (Å²) in [5, 5.41) is 0. The van der Waals surface area contributed by atoms with Crippen molar-refractivity contribution >= 4 is 21.8 Å². The molecule has 2 N–H and O–H groups in total. The summed E-state index contributed by atoms with van der Waals surface area (Å²) in [7, 11) is 1.65. The van der Waals surface area contributed by atoms with Crippen molar-refractivity contribution in [1.29, 1.82) is 0 Å². The zero-order valence-corrected chi connectivity index (χ0v) is 10.1. The lowest BCUT2D eigenvalue weighted by Crippen LogP contribution is -2.16. The molecule has 0 atom stereocenters. The zero-order valence-electron chi connectivity index (χ0n) is 8.50. The molecule has 0 unspecified atom stereocenters. The van der Waals surface area contributed by atoms with Crippen LogP contribution >= 0.6 is 15.9 Å². The molecule has 0 aliphatic heterocycles. The number of aryl methyl sites for hydroxylation is 1. The molecule has 1 aromatic rings. The third-order valence-corrected chi connectivity index (χ3v) is 2.41. The van der Waals surface area contributed by atoms with Crippen molar-refractivity contribution in [3.05, 3.63) is 28.0 Å². The average molecular weight is 273 g/mol. The number of aromatic nitrogens is 1. The maximum absolute atomic E-state index is 11.1. The number of carbonyl (C=O) groups is 1. The van der Waals surface area contributed by atoms with Crippen molar-refractivity contribution in [3.8, 4) is 0 Å². The number of halogens is 1. The quantitative estimate of drug-likeness (QED) is 0.653. The van der Waals surface area contributed by atoms with E-state index in [1.807, 2.05) is 6.07 Å². The van der Waals surface area contributed by atoms with Crippen molar-refractivity contribution in [1.82, 2.24) is 4.98 Å². The molecule has 0 saturated heterocycles. The van der Waals surface area contributed by atoms with Gasteiger partial charge in [0.1, 0.15) is 10.3 Å². The molecule has 0 saturated carbocycles. The largest absolute Gasteiger partial charge is 0.385 e. The Balaban J connectivity index is 2.81. The topological polar surface area (TPSA) is 65.2 Å². The second-order valence-electron chi connectivity index (χ2n) is 3.10. The predicted octanol–water partition coefficient (Wildman–Crippen LogP) is 1.52. The number of hydrogen-bond acceptors (Lipinski definition) is 3. The Bertz CT molecular complexity index is 355. The van der Waals surface area contributed by atoms with Gasteiger partial charge < -0.3 is 10.5 Å². The van der Waals surface area contributed by atoms with Gasteiger partial charge in [-0.05, 0) is 40.4 Å². The minimum Gasteiger partial charge on any atom is -0.385 e. The van der Waals surface area contributed by atoms with Crippen LogP contribution in [0.15, 0.2) is 16.7 Å². The van der Waals surface area contributed by atoms with Crippen molar-refractivity contribution in [2.75, 3.05) is 13.7 Å². The first-order valence-electron chi connectivity index (χ1n) is 4.59. The Hall–Kier alpha value is -0.940. The molecule has 0 aliphatic carbocycles. The molecule has 0 spiro atoms. The van der Waals surface area contributed by atoms with E-state index in [1.54, 1.807) is 13.2 Å². The fourth-order valence-corrected chi connectivity index (χ4v) is 1.60. The maximum atomic E-state index is 11.1. The molecular formula is C10H13BrN2O2. The summed E-state index contributed by atoms with van der Waals surface area (Å²) in [5.74, 6) is -0.497. The molecule has 1 amide bonds. The number of hydrogen-bond donors (Lipinski definition) is 1. The van der Waals surface area contributed by atoms with Crippen LogP contribution in [-0.2, 0) is 11.2 Å². The lowest BCUT2D eigenvalue weighted by Gasteiger charge is -2.05. The Morgan fingerprint density at radius 3 is 2.93 bits per heavy atom. The lowest BCUT2D eigenvalue weighted by atomic mass is 10.1. The van der Waals surface area contributed by atoms with Crippen LogP contribution in [0.1, 0.15) is 22.5 Å². The van der Waals surface area contributed by atoms with E-state index in [0.717, 1.165) is 18.4 Å². The van der Waals surface area contributed by atoms with Crippen molar-refractivity contribution in [2.24, 2.45) is 5.73 Å². The molecule has 1 heterocycles. The summed E-state index contributed by atoms with van der Waals surface area (Å²) >= 11 is 3.20. The van der Waals surface area contributed by atoms with Crippen LogP contribution in [0, 0.1) is 0 Å².